The van der Waals surface area contributed by atoms with E-state index in [0.29, 0.717) is 65.1 Å². The van der Waals surface area contributed by atoms with Crippen molar-refractivity contribution in [2.24, 2.45) is 5.73 Å². The van der Waals surface area contributed by atoms with Crippen LogP contribution in [0.4, 0.5) is 0 Å². The van der Waals surface area contributed by atoms with Gasteiger partial charge in [-0.3, -0.25) is 0 Å². The number of nitrogens with two attached hydrogens (primary N) is 1. The highest BCUT2D eigenvalue weighted by atomic mass is 16.6. The highest BCUT2D eigenvalue weighted by Crippen LogP contribution is 2.29. The van der Waals surface area contributed by atoms with Gasteiger partial charge in [-0.2, -0.15) is 0 Å². The molecule has 1 aromatic rings. The van der Waals surface area contributed by atoms with Crippen LogP contribution in [0.25, 0.3) is 0 Å². The Morgan fingerprint density at radius 3 is 1.71 bits per heavy atom. The van der Waals surface area contributed by atoms with E-state index in [0.717, 1.165) is 63.7 Å². The van der Waals surface area contributed by atoms with E-state index in [1.807, 2.05) is 6.07 Å². The normalized spacial score (nSPS) is 28.4. The molecule has 3 rings (SSSR count). The molecule has 0 radical (unpaired) electrons. The molecule has 0 aromatic heterocycles. The lowest BCUT2D eigenvalue weighted by Gasteiger charge is -2.33. The van der Waals surface area contributed by atoms with Crippen LogP contribution in [0.1, 0.15) is 19.4 Å². The van der Waals surface area contributed by atoms with E-state index >= 15 is 0 Å². The third kappa shape index (κ3) is 12.5. The second-order valence-electron chi connectivity index (χ2n) is 10.6. The molecule has 11 heteroatoms. The van der Waals surface area contributed by atoms with Crippen molar-refractivity contribution in [1.29, 1.82) is 0 Å². The molecule has 1 fully saturated rings. The van der Waals surface area contributed by atoms with Crippen LogP contribution in [-0.2, 0) is 20.8 Å². The molecule has 218 valence electrons. The summed E-state index contributed by atoms with van der Waals surface area (Å²) in [5.74, 6) is 1.43. The van der Waals surface area contributed by atoms with Gasteiger partial charge in [0.2, 0.25) is 0 Å². The number of nitrogens with one attached hydrogen (secondary N) is 5. The molecule has 1 saturated heterocycles. The Labute approximate surface area is 228 Å². The summed E-state index contributed by atoms with van der Waals surface area (Å²) in [7, 11) is 0. The highest BCUT2D eigenvalue weighted by molar-refractivity contribution is 5.43. The topological polar surface area (TPSA) is 132 Å². The summed E-state index contributed by atoms with van der Waals surface area (Å²) < 4.78 is 28.6. The number of rotatable bonds is 3. The first-order valence-corrected chi connectivity index (χ1v) is 13.9. The van der Waals surface area contributed by atoms with Gasteiger partial charge in [-0.05, 0) is 31.5 Å². The van der Waals surface area contributed by atoms with E-state index in [-0.39, 0.29) is 11.1 Å². The fourth-order valence-corrected chi connectivity index (χ4v) is 4.25. The molecule has 2 heterocycles. The first kappa shape index (κ1) is 31.0. The van der Waals surface area contributed by atoms with E-state index in [9.17, 15) is 0 Å². The van der Waals surface area contributed by atoms with Gasteiger partial charge >= 0.3 is 0 Å². The van der Waals surface area contributed by atoms with Crippen molar-refractivity contribution in [2.75, 3.05) is 105 Å². The van der Waals surface area contributed by atoms with Gasteiger partial charge in [0.05, 0.1) is 39.6 Å². The summed E-state index contributed by atoms with van der Waals surface area (Å²) in [5.41, 5.74) is 7.09. The predicted octanol–water partition coefficient (Wildman–Crippen LogP) is -0.555. The van der Waals surface area contributed by atoms with E-state index in [1.165, 1.54) is 0 Å². The quantitative estimate of drug-likeness (QED) is 0.296. The van der Waals surface area contributed by atoms with Gasteiger partial charge in [-0.1, -0.05) is 6.07 Å². The van der Waals surface area contributed by atoms with Crippen molar-refractivity contribution in [3.63, 3.8) is 0 Å². The summed E-state index contributed by atoms with van der Waals surface area (Å²) in [6.45, 7) is 15.8. The zero-order valence-electron chi connectivity index (χ0n) is 23.4. The lowest BCUT2D eigenvalue weighted by atomic mass is 10.0. The third-order valence-electron chi connectivity index (χ3n) is 6.49. The van der Waals surface area contributed by atoms with E-state index in [2.05, 4.69) is 52.6 Å². The van der Waals surface area contributed by atoms with Crippen LogP contribution in [-0.4, -0.2) is 116 Å². The summed E-state index contributed by atoms with van der Waals surface area (Å²) in [6, 6.07) is 6.11. The first-order chi connectivity index (χ1) is 18.5. The second kappa shape index (κ2) is 17.2. The van der Waals surface area contributed by atoms with Gasteiger partial charge in [-0.15, -0.1) is 0 Å². The van der Waals surface area contributed by atoms with E-state index in [4.69, 9.17) is 29.4 Å². The van der Waals surface area contributed by atoms with Crippen LogP contribution in [0.2, 0.25) is 0 Å². The van der Waals surface area contributed by atoms with Crippen LogP contribution in [0, 0.1) is 0 Å². The zero-order valence-corrected chi connectivity index (χ0v) is 23.4. The Morgan fingerprint density at radius 2 is 1.16 bits per heavy atom. The molecule has 11 nitrogen and oxygen atoms in total. The van der Waals surface area contributed by atoms with Gasteiger partial charge in [-0.25, -0.2) is 0 Å². The van der Waals surface area contributed by atoms with Gasteiger partial charge < -0.3 is 56.0 Å². The minimum absolute atomic E-state index is 0.137. The number of fused-ring (bicyclic) bond motifs is 1. The summed E-state index contributed by atoms with van der Waals surface area (Å²) in [4.78, 5) is 0. The van der Waals surface area contributed by atoms with Crippen molar-refractivity contribution >= 4 is 0 Å². The average molecular weight is 539 g/mol. The second-order valence-corrected chi connectivity index (χ2v) is 10.6. The largest absolute Gasteiger partial charge is 0.487 e. The van der Waals surface area contributed by atoms with E-state index < -0.39 is 0 Å². The molecule has 2 aliphatic rings. The molecule has 0 amide bonds. The lowest BCUT2D eigenvalue weighted by Crippen LogP contribution is -2.58. The van der Waals surface area contributed by atoms with Crippen molar-refractivity contribution in [3.05, 3.63) is 23.8 Å². The Balaban J connectivity index is 1.56. The van der Waals surface area contributed by atoms with Gasteiger partial charge in [0.15, 0.2) is 11.5 Å². The first-order valence-electron chi connectivity index (χ1n) is 13.9. The fraction of sp³-hybridized carbons (Fsp3) is 0.778. The van der Waals surface area contributed by atoms with Crippen LogP contribution in [0.3, 0.4) is 0 Å². The SMILES string of the molecule is CC1(N)CNCCNCC(C)(NCc2ccc3c(c2)OCCOCCOCCOCCO3)CNCCNC1. The number of ether oxygens (including phenoxy) is 5. The number of hydrogen-bond acceptors (Lipinski definition) is 11. The smallest absolute Gasteiger partial charge is 0.161 e. The Bertz CT molecular complexity index is 766. The van der Waals surface area contributed by atoms with Crippen molar-refractivity contribution in [3.8, 4) is 11.5 Å². The van der Waals surface area contributed by atoms with Crippen molar-refractivity contribution < 1.29 is 23.7 Å². The monoisotopic (exact) mass is 538 g/mol. The Morgan fingerprint density at radius 1 is 0.684 bits per heavy atom. The molecule has 2 aliphatic heterocycles. The third-order valence-corrected chi connectivity index (χ3v) is 6.49. The highest BCUT2D eigenvalue weighted by Gasteiger charge is 2.24. The fourth-order valence-electron chi connectivity index (χ4n) is 4.25. The predicted molar refractivity (Wildman–Crippen MR) is 149 cm³/mol. The number of benzene rings is 1. The van der Waals surface area contributed by atoms with Crippen molar-refractivity contribution in [1.82, 2.24) is 26.6 Å². The average Bonchev–Trinajstić information content (AvgIpc) is 2.90. The van der Waals surface area contributed by atoms with Crippen molar-refractivity contribution in [2.45, 2.75) is 31.5 Å². The van der Waals surface area contributed by atoms with Gasteiger partial charge in [0.25, 0.3) is 0 Å². The van der Waals surface area contributed by atoms with Crippen LogP contribution < -0.4 is 41.8 Å². The molecule has 7 N–H and O–H groups in total. The molecule has 0 spiro atoms. The standard InChI is InChI=1S/C27H50N6O5/c1-26(28)19-29-5-7-31-21-27(2,22-32-8-6-30-20-26)33-18-23-3-4-24-25(17-23)38-16-14-36-12-10-34-9-11-35-13-15-37-24/h3-4,17,29-33H,5-16,18-22,28H2,1-2H3. The molecule has 0 aliphatic carbocycles. The summed E-state index contributed by atoms with van der Waals surface area (Å²) >= 11 is 0. The minimum atomic E-state index is -0.257. The summed E-state index contributed by atoms with van der Waals surface area (Å²) in [5, 5.41) is 17.9. The molecule has 0 atom stereocenters. The maximum atomic E-state index is 6.36. The van der Waals surface area contributed by atoms with Crippen LogP contribution in [0.15, 0.2) is 18.2 Å². The Kier molecular flexibility index (Phi) is 14.0. The Hall–Kier alpha value is -1.54. The lowest BCUT2D eigenvalue weighted by molar-refractivity contribution is 0.00708. The maximum absolute atomic E-state index is 6.36. The molecule has 0 saturated carbocycles. The van der Waals surface area contributed by atoms with Crippen LogP contribution >= 0.6 is 0 Å². The summed E-state index contributed by atoms with van der Waals surface area (Å²) in [6.07, 6.45) is 0. The zero-order chi connectivity index (χ0) is 26.9. The molecule has 0 bridgehead atoms. The molecular formula is C27H50N6O5. The maximum Gasteiger partial charge on any atom is 0.161 e. The van der Waals surface area contributed by atoms with Gasteiger partial charge in [0, 0.05) is 70.0 Å². The van der Waals surface area contributed by atoms with Crippen LogP contribution in [0.5, 0.6) is 11.5 Å². The van der Waals surface area contributed by atoms with E-state index in [1.54, 1.807) is 0 Å². The molecular weight excluding hydrogens is 488 g/mol. The minimum Gasteiger partial charge on any atom is -0.487 e. The molecule has 38 heavy (non-hydrogen) atoms. The number of hydrogen-bond donors (Lipinski definition) is 6. The molecule has 1 aromatic carbocycles. The van der Waals surface area contributed by atoms with Gasteiger partial charge in [0.1, 0.15) is 13.2 Å². The molecule has 0 unspecified atom stereocenters.